The summed E-state index contributed by atoms with van der Waals surface area (Å²) in [6.45, 7) is 0. The Kier molecular flexibility index (Phi) is 13.9. The van der Waals surface area contributed by atoms with Gasteiger partial charge in [-0.15, -0.1) is 0 Å². The van der Waals surface area contributed by atoms with Crippen molar-refractivity contribution in [2.24, 2.45) is 0 Å². The second-order valence-electron chi connectivity index (χ2n) is 22.4. The summed E-state index contributed by atoms with van der Waals surface area (Å²) in [5.41, 5.74) is 27.2. The summed E-state index contributed by atoms with van der Waals surface area (Å²) in [7, 11) is 0. The van der Waals surface area contributed by atoms with Gasteiger partial charge in [0.1, 0.15) is 0 Å². The molecule has 0 spiro atoms. The Morgan fingerprint density at radius 1 is 0.161 bits per heavy atom. The van der Waals surface area contributed by atoms with Crippen LogP contribution in [-0.4, -0.2) is 0 Å². The molecule has 2 heteroatoms. The topological polar surface area (TPSA) is 6.48 Å². The molecule has 87 heavy (non-hydrogen) atoms. The number of rotatable bonds is 13. The normalized spacial score (nSPS) is 12.0. The van der Waals surface area contributed by atoms with Gasteiger partial charge in [-0.1, -0.05) is 285 Å². The molecule has 0 aliphatic heterocycles. The summed E-state index contributed by atoms with van der Waals surface area (Å²) in [4.78, 5) is 4.75. The van der Waals surface area contributed by atoms with Gasteiger partial charge in [-0.25, -0.2) is 0 Å². The van der Waals surface area contributed by atoms with E-state index in [1.54, 1.807) is 0 Å². The summed E-state index contributed by atoms with van der Waals surface area (Å²) in [5.74, 6) is 0. The highest BCUT2D eigenvalue weighted by Gasteiger charge is 2.44. The van der Waals surface area contributed by atoms with Gasteiger partial charge in [-0.3, -0.25) is 0 Å². The van der Waals surface area contributed by atoms with Crippen LogP contribution >= 0.6 is 0 Å². The van der Waals surface area contributed by atoms with Crippen LogP contribution in [0, 0.1) is 0 Å². The summed E-state index contributed by atoms with van der Waals surface area (Å²) in [6, 6.07) is 133. The first kappa shape index (κ1) is 52.5. The molecule has 0 fully saturated rings. The predicted octanol–water partition coefficient (Wildman–Crippen LogP) is 23.0. The lowest BCUT2D eigenvalue weighted by atomic mass is 9.63. The minimum atomic E-state index is -0.755. The first-order chi connectivity index (χ1) is 43.1. The van der Waals surface area contributed by atoms with Crippen LogP contribution in [0.5, 0.6) is 0 Å². The lowest BCUT2D eigenvalue weighted by molar-refractivity contribution is 0.752. The average molecular weight is 1110 g/mol. The van der Waals surface area contributed by atoms with Crippen molar-refractivity contribution in [1.82, 2.24) is 0 Å². The highest BCUT2D eigenvalue weighted by molar-refractivity contribution is 5.93. The van der Waals surface area contributed by atoms with E-state index in [1.165, 1.54) is 89.0 Å². The zero-order valence-electron chi connectivity index (χ0n) is 48.0. The van der Waals surface area contributed by atoms with E-state index in [0.29, 0.717) is 0 Å². The number of nitrogens with zero attached hydrogens (tertiary/aromatic N) is 2. The molecule has 410 valence electrons. The fourth-order valence-electron chi connectivity index (χ4n) is 13.2. The fourth-order valence-corrected chi connectivity index (χ4v) is 13.2. The maximum atomic E-state index is 2.45. The van der Waals surface area contributed by atoms with Crippen LogP contribution in [0.15, 0.2) is 364 Å². The quantitative estimate of drug-likeness (QED) is 0.114. The average Bonchev–Trinajstić information content (AvgIpc) is 1.99. The van der Waals surface area contributed by atoms with Crippen molar-refractivity contribution in [2.45, 2.75) is 5.41 Å². The first-order valence-electron chi connectivity index (χ1n) is 30.0. The predicted molar refractivity (Wildman–Crippen MR) is 366 cm³/mol. The second kappa shape index (κ2) is 23.0. The molecule has 0 heterocycles. The van der Waals surface area contributed by atoms with Crippen LogP contribution in [0.1, 0.15) is 22.3 Å². The molecule has 14 aromatic rings. The van der Waals surface area contributed by atoms with Crippen LogP contribution in [0.2, 0.25) is 0 Å². The van der Waals surface area contributed by atoms with Crippen LogP contribution < -0.4 is 9.80 Å². The molecule has 0 bridgehead atoms. The van der Waals surface area contributed by atoms with Crippen molar-refractivity contribution in [3.05, 3.63) is 386 Å². The van der Waals surface area contributed by atoms with E-state index < -0.39 is 5.41 Å². The smallest absolute Gasteiger partial charge is 0.0713 e. The Hall–Kier alpha value is -11.3. The van der Waals surface area contributed by atoms with Crippen molar-refractivity contribution in [3.63, 3.8) is 0 Å². The lowest BCUT2D eigenvalue weighted by Gasteiger charge is -2.38. The number of benzene rings is 14. The van der Waals surface area contributed by atoms with Gasteiger partial charge < -0.3 is 9.80 Å². The molecule has 14 aromatic carbocycles. The molecule has 0 unspecified atom stereocenters. The van der Waals surface area contributed by atoms with Crippen molar-refractivity contribution < 1.29 is 0 Å². The Morgan fingerprint density at radius 3 is 0.724 bits per heavy atom. The van der Waals surface area contributed by atoms with E-state index in [0.717, 1.165) is 45.3 Å². The van der Waals surface area contributed by atoms with E-state index >= 15 is 0 Å². The highest BCUT2D eigenvalue weighted by atomic mass is 15.1. The van der Waals surface area contributed by atoms with Crippen molar-refractivity contribution in [3.8, 4) is 77.9 Å². The molecule has 0 aromatic heterocycles. The van der Waals surface area contributed by atoms with Crippen molar-refractivity contribution in [1.29, 1.82) is 0 Å². The zero-order chi connectivity index (χ0) is 57.9. The SMILES string of the molecule is c1ccc(-c2ccc(N(c3ccc(-c4ccccc4)cc3)c3ccc(-c4cccc(C5(c6ccc(N(c7ccc(-c8ccccc8)cc7)c7ccc(-c8ccccc8)cc7)cc6)c6ccccc6-c6ccccc6-c6ccccc65)c4)cc3)cc2)cc1. The standard InChI is InChI=1S/C85H60N2/c1-5-20-61(21-6-1)65-36-48-73(49-37-65)86(74-50-38-66(39-51-74)62-22-7-2-8-23-62)77-56-44-69(45-57-77)70-28-19-29-72(60-70)85(83-34-17-15-32-81(83)79-30-13-14-31-80(79)82-33-16-18-35-84(82)85)71-46-58-78(59-47-71)87(75-52-40-67(41-53-75)63-24-9-3-10-25-63)76-54-42-68(43-55-76)64-26-11-4-12-27-64/h1-60H. The molecule has 0 saturated carbocycles. The van der Waals surface area contributed by atoms with Gasteiger partial charge in [0.15, 0.2) is 0 Å². The van der Waals surface area contributed by atoms with Gasteiger partial charge in [-0.2, -0.15) is 0 Å². The summed E-state index contributed by atoms with van der Waals surface area (Å²) in [5, 5.41) is 0. The van der Waals surface area contributed by atoms with Gasteiger partial charge >= 0.3 is 0 Å². The molecule has 1 aliphatic carbocycles. The molecule has 0 radical (unpaired) electrons. The third-order valence-corrected chi connectivity index (χ3v) is 17.4. The third kappa shape index (κ3) is 9.89. The molecular weight excluding hydrogens is 1050 g/mol. The summed E-state index contributed by atoms with van der Waals surface area (Å²) < 4.78 is 0. The molecule has 0 amide bonds. The van der Waals surface area contributed by atoms with Crippen molar-refractivity contribution >= 4 is 34.1 Å². The Labute approximate surface area is 510 Å². The maximum absolute atomic E-state index is 2.45. The largest absolute Gasteiger partial charge is 0.311 e. The second-order valence-corrected chi connectivity index (χ2v) is 22.4. The van der Waals surface area contributed by atoms with Gasteiger partial charge in [-0.05, 0) is 179 Å². The van der Waals surface area contributed by atoms with Crippen LogP contribution in [-0.2, 0) is 5.41 Å². The Balaban J connectivity index is 0.860. The van der Waals surface area contributed by atoms with Gasteiger partial charge in [0.05, 0.1) is 5.41 Å². The molecular formula is C85H60N2. The minimum Gasteiger partial charge on any atom is -0.311 e. The number of hydrogen-bond acceptors (Lipinski definition) is 2. The molecule has 15 rings (SSSR count). The molecule has 0 N–H and O–H groups in total. The highest BCUT2D eigenvalue weighted by Crippen LogP contribution is 2.56. The summed E-state index contributed by atoms with van der Waals surface area (Å²) in [6.07, 6.45) is 0. The van der Waals surface area contributed by atoms with E-state index in [2.05, 4.69) is 374 Å². The van der Waals surface area contributed by atoms with E-state index in [1.807, 2.05) is 0 Å². The van der Waals surface area contributed by atoms with Crippen LogP contribution in [0.4, 0.5) is 34.1 Å². The first-order valence-corrected chi connectivity index (χ1v) is 30.0. The maximum Gasteiger partial charge on any atom is 0.0713 e. The molecule has 1 aliphatic rings. The van der Waals surface area contributed by atoms with E-state index in [4.69, 9.17) is 0 Å². The number of hydrogen-bond donors (Lipinski definition) is 0. The number of anilines is 6. The van der Waals surface area contributed by atoms with Gasteiger partial charge in [0.2, 0.25) is 0 Å². The van der Waals surface area contributed by atoms with E-state index in [-0.39, 0.29) is 0 Å². The Morgan fingerprint density at radius 2 is 0.402 bits per heavy atom. The fraction of sp³-hybridized carbons (Fsp3) is 0.0118. The molecule has 2 nitrogen and oxygen atoms in total. The zero-order valence-corrected chi connectivity index (χ0v) is 48.0. The third-order valence-electron chi connectivity index (χ3n) is 17.4. The van der Waals surface area contributed by atoms with Crippen LogP contribution in [0.25, 0.3) is 77.9 Å². The van der Waals surface area contributed by atoms with Gasteiger partial charge in [0, 0.05) is 34.1 Å². The Bertz CT molecular complexity index is 4420. The van der Waals surface area contributed by atoms with Crippen LogP contribution in [0.3, 0.4) is 0 Å². The molecule has 0 saturated heterocycles. The lowest BCUT2D eigenvalue weighted by Crippen LogP contribution is -2.31. The van der Waals surface area contributed by atoms with Crippen molar-refractivity contribution in [2.75, 3.05) is 9.80 Å². The molecule has 0 atom stereocenters. The minimum absolute atomic E-state index is 0.755. The summed E-state index contributed by atoms with van der Waals surface area (Å²) >= 11 is 0. The monoisotopic (exact) mass is 1110 g/mol. The number of fused-ring (bicyclic) bond motifs is 5. The van der Waals surface area contributed by atoms with E-state index in [9.17, 15) is 0 Å². The van der Waals surface area contributed by atoms with Gasteiger partial charge in [0.25, 0.3) is 0 Å².